The van der Waals surface area contributed by atoms with Crippen molar-refractivity contribution in [3.63, 3.8) is 0 Å². The van der Waals surface area contributed by atoms with Gasteiger partial charge in [-0.25, -0.2) is 13.2 Å². The Kier molecular flexibility index (Phi) is 4.25. The van der Waals surface area contributed by atoms with Crippen LogP contribution in [-0.4, -0.2) is 43.1 Å². The average molecular weight is 394 g/mol. The molecule has 0 spiro atoms. The highest BCUT2D eigenvalue weighted by atomic mass is 32.2. The molecule has 1 unspecified atom stereocenters. The van der Waals surface area contributed by atoms with Gasteiger partial charge in [0.1, 0.15) is 5.82 Å². The summed E-state index contributed by atoms with van der Waals surface area (Å²) < 4.78 is 37.5. The molecule has 0 amide bonds. The van der Waals surface area contributed by atoms with E-state index in [2.05, 4.69) is 26.1 Å². The fraction of sp³-hybridized carbons (Fsp3) is 0.438. The quantitative estimate of drug-likeness (QED) is 0.263. The summed E-state index contributed by atoms with van der Waals surface area (Å²) in [7, 11) is -2.56. The monoisotopic (exact) mass is 394 g/mol. The van der Waals surface area contributed by atoms with Gasteiger partial charge >= 0.3 is 0 Å². The summed E-state index contributed by atoms with van der Waals surface area (Å²) in [4.78, 5) is 0. The standard InChI is InChI=1S/C16H19FN6O3S/c1-27(18,25)11-6-10(7-11)19-16-14(22-26-23-16)15(21-24)20-13-4-8-2-3-9(17)5-12(8)13/h2-3,5,10-11,13,18,24H,4,6-7H2,1H3,(H,19,23)(H,20,21)/t10?,11?,13-,27?/m0/s1. The van der Waals surface area contributed by atoms with Gasteiger partial charge < -0.3 is 15.8 Å². The summed E-state index contributed by atoms with van der Waals surface area (Å²) in [5, 5.41) is 26.2. The van der Waals surface area contributed by atoms with Crippen LogP contribution in [0.4, 0.5) is 10.2 Å². The molecule has 0 radical (unpaired) electrons. The van der Waals surface area contributed by atoms with E-state index in [1.807, 2.05) is 0 Å². The lowest BCUT2D eigenvalue weighted by molar-refractivity contribution is 0.302. The molecule has 1 aromatic heterocycles. The van der Waals surface area contributed by atoms with Crippen molar-refractivity contribution in [1.29, 1.82) is 4.78 Å². The largest absolute Gasteiger partial charge is 0.409 e. The van der Waals surface area contributed by atoms with E-state index in [1.54, 1.807) is 6.07 Å². The number of anilines is 1. The number of hydrogen-bond donors (Lipinski definition) is 4. The third kappa shape index (κ3) is 3.34. The molecular formula is C16H19FN6O3S. The number of halogens is 1. The molecule has 11 heteroatoms. The molecule has 0 bridgehead atoms. The van der Waals surface area contributed by atoms with Crippen LogP contribution in [0.1, 0.15) is 35.7 Å². The smallest absolute Gasteiger partial charge is 0.202 e. The van der Waals surface area contributed by atoms with Gasteiger partial charge in [-0.2, -0.15) is 0 Å². The van der Waals surface area contributed by atoms with E-state index in [9.17, 15) is 13.8 Å². The predicted molar refractivity (Wildman–Crippen MR) is 95.8 cm³/mol. The molecule has 2 aliphatic rings. The minimum atomic E-state index is -2.56. The summed E-state index contributed by atoms with van der Waals surface area (Å²) in [5.41, 5.74) is 2.04. The number of amidine groups is 1. The van der Waals surface area contributed by atoms with E-state index >= 15 is 0 Å². The Hall–Kier alpha value is -2.69. The van der Waals surface area contributed by atoms with Crippen LogP contribution >= 0.6 is 0 Å². The Morgan fingerprint density at radius 2 is 2.22 bits per heavy atom. The zero-order valence-corrected chi connectivity index (χ0v) is 15.3. The van der Waals surface area contributed by atoms with Gasteiger partial charge in [-0.1, -0.05) is 11.2 Å². The van der Waals surface area contributed by atoms with Crippen LogP contribution in [0.5, 0.6) is 0 Å². The molecular weight excluding hydrogens is 375 g/mol. The molecule has 4 N–H and O–H groups in total. The topological polar surface area (TPSA) is 136 Å². The Balaban J connectivity index is 1.44. The second kappa shape index (κ2) is 6.48. The Morgan fingerprint density at radius 1 is 1.44 bits per heavy atom. The average Bonchev–Trinajstić information content (AvgIpc) is 3.00. The van der Waals surface area contributed by atoms with Crippen molar-refractivity contribution < 1.29 is 18.4 Å². The first-order chi connectivity index (χ1) is 12.8. The van der Waals surface area contributed by atoms with E-state index in [4.69, 9.17) is 9.41 Å². The maximum absolute atomic E-state index is 13.4. The highest BCUT2D eigenvalue weighted by molar-refractivity contribution is 7.92. The molecule has 0 saturated heterocycles. The molecule has 1 aromatic carbocycles. The van der Waals surface area contributed by atoms with Crippen molar-refractivity contribution in [2.75, 3.05) is 11.6 Å². The normalized spacial score (nSPS) is 26.3. The fourth-order valence-corrected chi connectivity index (χ4v) is 4.60. The number of nitrogens with zero attached hydrogens (tertiary/aromatic N) is 3. The molecule has 1 fully saturated rings. The molecule has 2 atom stereocenters. The summed E-state index contributed by atoms with van der Waals surface area (Å²) in [6.07, 6.45) is 3.27. The van der Waals surface area contributed by atoms with Crippen molar-refractivity contribution in [3.8, 4) is 0 Å². The second-order valence-corrected chi connectivity index (χ2v) is 9.47. The molecule has 4 rings (SSSR count). The first-order valence-corrected chi connectivity index (χ1v) is 10.5. The minimum Gasteiger partial charge on any atom is -0.409 e. The molecule has 1 saturated carbocycles. The third-order valence-electron chi connectivity index (χ3n) is 5.10. The van der Waals surface area contributed by atoms with Crippen LogP contribution in [-0.2, 0) is 16.1 Å². The summed E-state index contributed by atoms with van der Waals surface area (Å²) in [6.45, 7) is 0. The van der Waals surface area contributed by atoms with Gasteiger partial charge in [0.05, 0.1) is 6.04 Å². The number of aromatic nitrogens is 2. The van der Waals surface area contributed by atoms with Crippen LogP contribution in [0.15, 0.2) is 28.0 Å². The van der Waals surface area contributed by atoms with Crippen molar-refractivity contribution in [1.82, 2.24) is 15.6 Å². The first-order valence-electron chi connectivity index (χ1n) is 8.44. The lowest BCUT2D eigenvalue weighted by Crippen LogP contribution is -2.43. The molecule has 2 aliphatic carbocycles. The van der Waals surface area contributed by atoms with Crippen LogP contribution in [0, 0.1) is 10.6 Å². The van der Waals surface area contributed by atoms with Gasteiger partial charge in [0, 0.05) is 27.3 Å². The van der Waals surface area contributed by atoms with E-state index in [0.29, 0.717) is 25.1 Å². The summed E-state index contributed by atoms with van der Waals surface area (Å²) >= 11 is 0. The Morgan fingerprint density at radius 3 is 2.93 bits per heavy atom. The van der Waals surface area contributed by atoms with Gasteiger partial charge in [0.25, 0.3) is 0 Å². The van der Waals surface area contributed by atoms with Crippen molar-refractivity contribution in [2.24, 2.45) is 5.16 Å². The SMILES string of the molecule is CS(=N)(=O)C1CC(Nc2nonc2C(=NO)N[C@H]2Cc3ccc(F)cc32)C1. The van der Waals surface area contributed by atoms with Gasteiger partial charge in [0.2, 0.25) is 5.82 Å². The molecule has 9 nitrogen and oxygen atoms in total. The van der Waals surface area contributed by atoms with Crippen LogP contribution in [0.3, 0.4) is 0 Å². The maximum atomic E-state index is 13.4. The highest BCUT2D eigenvalue weighted by Crippen LogP contribution is 2.34. The number of nitrogens with one attached hydrogen (secondary N) is 3. The number of hydrogen-bond acceptors (Lipinski definition) is 8. The second-order valence-electron chi connectivity index (χ2n) is 6.99. The van der Waals surface area contributed by atoms with Crippen molar-refractivity contribution >= 4 is 21.4 Å². The summed E-state index contributed by atoms with van der Waals surface area (Å²) in [6, 6.07) is 4.38. The molecule has 2 aromatic rings. The zero-order chi connectivity index (χ0) is 19.2. The van der Waals surface area contributed by atoms with Crippen molar-refractivity contribution in [3.05, 3.63) is 40.8 Å². The van der Waals surface area contributed by atoms with Gasteiger partial charge in [0.15, 0.2) is 11.5 Å². The molecule has 27 heavy (non-hydrogen) atoms. The molecule has 0 aliphatic heterocycles. The Labute approximate surface area is 155 Å². The lowest BCUT2D eigenvalue weighted by atomic mass is 9.83. The highest BCUT2D eigenvalue weighted by Gasteiger charge is 2.36. The maximum Gasteiger partial charge on any atom is 0.202 e. The number of fused-ring (bicyclic) bond motifs is 1. The summed E-state index contributed by atoms with van der Waals surface area (Å²) in [5.74, 6) is 0.0362. The van der Waals surface area contributed by atoms with E-state index in [0.717, 1.165) is 11.1 Å². The van der Waals surface area contributed by atoms with Crippen LogP contribution < -0.4 is 10.6 Å². The van der Waals surface area contributed by atoms with E-state index in [1.165, 1.54) is 18.4 Å². The fourth-order valence-electron chi connectivity index (χ4n) is 3.40. The van der Waals surface area contributed by atoms with Gasteiger partial charge in [-0.3, -0.25) is 4.78 Å². The molecule has 144 valence electrons. The molecule has 1 heterocycles. The van der Waals surface area contributed by atoms with Crippen LogP contribution in [0.25, 0.3) is 0 Å². The number of benzene rings is 1. The first kappa shape index (κ1) is 17.7. The van der Waals surface area contributed by atoms with Crippen LogP contribution in [0.2, 0.25) is 0 Å². The predicted octanol–water partition coefficient (Wildman–Crippen LogP) is 1.85. The van der Waals surface area contributed by atoms with Gasteiger partial charge in [-0.15, -0.1) is 0 Å². The Bertz CT molecular complexity index is 999. The zero-order valence-electron chi connectivity index (χ0n) is 14.5. The van der Waals surface area contributed by atoms with Crippen molar-refractivity contribution in [2.45, 2.75) is 36.6 Å². The number of rotatable bonds is 5. The third-order valence-corrected chi connectivity index (χ3v) is 6.76. The number of oxime groups is 1. The lowest BCUT2D eigenvalue weighted by Gasteiger charge is -2.35. The minimum absolute atomic E-state index is 0.00903. The van der Waals surface area contributed by atoms with Gasteiger partial charge in [-0.05, 0) is 52.8 Å². The van der Waals surface area contributed by atoms with E-state index < -0.39 is 9.73 Å². The van der Waals surface area contributed by atoms with E-state index in [-0.39, 0.29) is 34.7 Å².